The third kappa shape index (κ3) is 1.91. The Kier molecular flexibility index (Phi) is 2.51. The smallest absolute Gasteiger partial charge is 0.403 e. The van der Waals surface area contributed by atoms with Crippen molar-refractivity contribution < 1.29 is 14.2 Å². The Bertz CT molecular complexity index is 169. The summed E-state index contributed by atoms with van der Waals surface area (Å²) in [4.78, 5) is 9.94. The van der Waals surface area contributed by atoms with Gasteiger partial charge in [0.25, 0.3) is 0 Å². The fourth-order valence-corrected chi connectivity index (χ4v) is 0.950. The molecule has 1 aliphatic heterocycles. The average Bonchev–Trinajstić information content (AvgIpc) is 1.95. The zero-order chi connectivity index (χ0) is 8.48. The minimum absolute atomic E-state index is 0.0428. The van der Waals surface area contributed by atoms with E-state index in [9.17, 15) is 10.1 Å². The van der Waals surface area contributed by atoms with E-state index in [1.807, 2.05) is 0 Å². The summed E-state index contributed by atoms with van der Waals surface area (Å²) in [7, 11) is -0.347. The van der Waals surface area contributed by atoms with Gasteiger partial charge >= 0.3 is 11.6 Å². The SMILES string of the molecule is CB1OCC(Br)([N+](=O)[O-])CO1. The van der Waals surface area contributed by atoms with Crippen molar-refractivity contribution in [2.75, 3.05) is 13.2 Å². The summed E-state index contributed by atoms with van der Waals surface area (Å²) in [6.45, 7) is 1.79. The number of hydrogen-bond donors (Lipinski definition) is 0. The van der Waals surface area contributed by atoms with Gasteiger partial charge in [0.1, 0.15) is 13.2 Å². The molecule has 62 valence electrons. The molecule has 1 aliphatic rings. The van der Waals surface area contributed by atoms with E-state index in [1.54, 1.807) is 6.82 Å². The molecule has 0 N–H and O–H groups in total. The van der Waals surface area contributed by atoms with Gasteiger partial charge in [0.15, 0.2) is 0 Å². The van der Waals surface area contributed by atoms with E-state index in [1.165, 1.54) is 0 Å². The lowest BCUT2D eigenvalue weighted by Gasteiger charge is -2.26. The third-order valence-electron chi connectivity index (χ3n) is 1.41. The first-order valence-electron chi connectivity index (χ1n) is 3.11. The first kappa shape index (κ1) is 8.96. The van der Waals surface area contributed by atoms with Crippen LogP contribution >= 0.6 is 15.9 Å². The highest BCUT2D eigenvalue weighted by Gasteiger charge is 2.45. The maximum absolute atomic E-state index is 10.4. The van der Waals surface area contributed by atoms with Crippen molar-refractivity contribution in [2.24, 2.45) is 0 Å². The van der Waals surface area contributed by atoms with E-state index in [-0.39, 0.29) is 20.3 Å². The van der Waals surface area contributed by atoms with E-state index in [0.29, 0.717) is 0 Å². The predicted octanol–water partition coefficient (Wildman–Crippen LogP) is 0.519. The molecule has 0 unspecified atom stereocenters. The number of nitro groups is 1. The Morgan fingerprint density at radius 1 is 1.64 bits per heavy atom. The number of nitrogens with zero attached hydrogens (tertiary/aromatic N) is 1. The second-order valence-electron chi connectivity index (χ2n) is 2.36. The highest BCUT2D eigenvalue weighted by Crippen LogP contribution is 2.23. The Morgan fingerprint density at radius 3 is 2.45 bits per heavy atom. The molecule has 11 heavy (non-hydrogen) atoms. The van der Waals surface area contributed by atoms with Crippen molar-refractivity contribution in [1.82, 2.24) is 0 Å². The summed E-state index contributed by atoms with van der Waals surface area (Å²) in [6, 6.07) is 0. The second kappa shape index (κ2) is 3.08. The predicted molar refractivity (Wildman–Crippen MR) is 42.2 cm³/mol. The third-order valence-corrected chi connectivity index (χ3v) is 2.15. The molecule has 0 aromatic heterocycles. The number of rotatable bonds is 1. The molecule has 1 heterocycles. The molecule has 0 aromatic rings. The zero-order valence-electron chi connectivity index (χ0n) is 5.95. The van der Waals surface area contributed by atoms with Crippen molar-refractivity contribution >= 4 is 23.0 Å². The largest absolute Gasteiger partial charge is 0.454 e. The van der Waals surface area contributed by atoms with Crippen LogP contribution in [0.3, 0.4) is 0 Å². The molecule has 0 aromatic carbocycles. The van der Waals surface area contributed by atoms with E-state index in [0.717, 1.165) is 0 Å². The van der Waals surface area contributed by atoms with Crippen LogP contribution in [0.25, 0.3) is 0 Å². The van der Waals surface area contributed by atoms with Gasteiger partial charge < -0.3 is 9.31 Å². The summed E-state index contributed by atoms with van der Waals surface area (Å²) >= 11 is 2.94. The molecule has 0 radical (unpaired) electrons. The van der Waals surface area contributed by atoms with Gasteiger partial charge in [-0.2, -0.15) is 0 Å². The van der Waals surface area contributed by atoms with Gasteiger partial charge in [0, 0.05) is 20.9 Å². The Morgan fingerprint density at radius 2 is 2.09 bits per heavy atom. The van der Waals surface area contributed by atoms with Crippen LogP contribution in [-0.2, 0) is 9.31 Å². The molecule has 0 aliphatic carbocycles. The van der Waals surface area contributed by atoms with Crippen LogP contribution in [0.1, 0.15) is 0 Å². The Labute approximate surface area is 72.5 Å². The molecule has 0 amide bonds. The lowest BCUT2D eigenvalue weighted by molar-refractivity contribution is -0.543. The van der Waals surface area contributed by atoms with Gasteiger partial charge in [-0.25, -0.2) is 0 Å². The molecule has 0 saturated carbocycles. The minimum Gasteiger partial charge on any atom is -0.403 e. The number of halogens is 1. The standard InChI is InChI=1S/C4H7BBrNO4/c1-5-10-2-4(6,3-11-5)7(8)9/h2-3H2,1H3. The summed E-state index contributed by atoms with van der Waals surface area (Å²) in [6.07, 6.45) is 0. The fourth-order valence-electron chi connectivity index (χ4n) is 0.685. The Hall–Kier alpha value is -0.135. The molecule has 1 saturated heterocycles. The van der Waals surface area contributed by atoms with Crippen molar-refractivity contribution in [3.05, 3.63) is 10.1 Å². The van der Waals surface area contributed by atoms with Gasteiger partial charge in [-0.1, -0.05) is 0 Å². The normalized spacial score (nSPS) is 23.3. The van der Waals surface area contributed by atoms with Gasteiger partial charge in [0.05, 0.1) is 0 Å². The van der Waals surface area contributed by atoms with E-state index >= 15 is 0 Å². The molecular formula is C4H7BBrNO4. The maximum Gasteiger partial charge on any atom is 0.454 e. The van der Waals surface area contributed by atoms with Crippen LogP contribution in [0.2, 0.25) is 6.82 Å². The Balaban J connectivity index is 2.55. The summed E-state index contributed by atoms with van der Waals surface area (Å²) in [5.41, 5.74) is 0. The van der Waals surface area contributed by atoms with Gasteiger partial charge in [-0.15, -0.1) is 0 Å². The van der Waals surface area contributed by atoms with Crippen molar-refractivity contribution in [2.45, 2.75) is 11.3 Å². The van der Waals surface area contributed by atoms with Crippen LogP contribution in [0, 0.1) is 10.1 Å². The summed E-state index contributed by atoms with van der Waals surface area (Å²) < 4.78 is 8.64. The van der Waals surface area contributed by atoms with Crippen molar-refractivity contribution in [3.63, 3.8) is 0 Å². The number of alkyl halides is 1. The van der Waals surface area contributed by atoms with Crippen LogP contribution in [0.5, 0.6) is 0 Å². The molecule has 0 spiro atoms. The molecule has 0 bridgehead atoms. The maximum atomic E-state index is 10.4. The molecule has 7 heteroatoms. The highest BCUT2D eigenvalue weighted by atomic mass is 79.9. The van der Waals surface area contributed by atoms with E-state index in [2.05, 4.69) is 15.9 Å². The quantitative estimate of drug-likeness (QED) is 0.214. The fraction of sp³-hybridized carbons (Fsp3) is 1.00. The summed E-state index contributed by atoms with van der Waals surface area (Å²) in [5, 5.41) is 10.4. The minimum atomic E-state index is -1.25. The monoisotopic (exact) mass is 223 g/mol. The zero-order valence-corrected chi connectivity index (χ0v) is 7.54. The lowest BCUT2D eigenvalue weighted by atomic mass is 9.93. The van der Waals surface area contributed by atoms with Crippen molar-refractivity contribution in [1.29, 1.82) is 0 Å². The number of hydrogen-bond acceptors (Lipinski definition) is 4. The molecule has 5 nitrogen and oxygen atoms in total. The first-order chi connectivity index (χ1) is 5.04. The van der Waals surface area contributed by atoms with Gasteiger partial charge in [0.2, 0.25) is 0 Å². The van der Waals surface area contributed by atoms with Gasteiger partial charge in [-0.3, -0.25) is 10.1 Å². The van der Waals surface area contributed by atoms with Crippen LogP contribution in [0.15, 0.2) is 0 Å². The van der Waals surface area contributed by atoms with Crippen LogP contribution < -0.4 is 0 Å². The average molecular weight is 224 g/mol. The van der Waals surface area contributed by atoms with Crippen LogP contribution in [-0.4, -0.2) is 29.7 Å². The lowest BCUT2D eigenvalue weighted by Crippen LogP contribution is -2.49. The molecule has 1 rings (SSSR count). The van der Waals surface area contributed by atoms with Crippen molar-refractivity contribution in [3.8, 4) is 0 Å². The van der Waals surface area contributed by atoms with E-state index < -0.39 is 9.37 Å². The molecular weight excluding hydrogens is 217 g/mol. The molecule has 0 atom stereocenters. The topological polar surface area (TPSA) is 61.6 Å². The second-order valence-corrected chi connectivity index (χ2v) is 3.84. The van der Waals surface area contributed by atoms with Crippen LogP contribution in [0.4, 0.5) is 0 Å². The van der Waals surface area contributed by atoms with Gasteiger partial charge in [-0.05, 0) is 6.82 Å². The summed E-state index contributed by atoms with van der Waals surface area (Å²) in [5.74, 6) is 0. The van der Waals surface area contributed by atoms with E-state index in [4.69, 9.17) is 9.31 Å². The molecule has 1 fully saturated rings. The highest BCUT2D eigenvalue weighted by molar-refractivity contribution is 9.10. The first-order valence-corrected chi connectivity index (χ1v) is 3.90.